The number of thioether (sulfide) groups is 1. The lowest BCUT2D eigenvalue weighted by atomic mass is 9.95. The molecule has 1 aromatic rings. The number of hydrogen-bond acceptors (Lipinski definition) is 4. The third-order valence-electron chi connectivity index (χ3n) is 5.18. The molecule has 1 aliphatic carbocycles. The van der Waals surface area contributed by atoms with Gasteiger partial charge in [-0.05, 0) is 31.0 Å². The molecule has 0 spiro atoms. The Balaban J connectivity index is 1.65. The predicted octanol–water partition coefficient (Wildman–Crippen LogP) is 3.44. The number of nitrogens with two attached hydrogens (primary N) is 1. The van der Waals surface area contributed by atoms with Gasteiger partial charge in [-0.3, -0.25) is 9.89 Å². The minimum atomic E-state index is 0.199. The van der Waals surface area contributed by atoms with E-state index in [9.17, 15) is 0 Å². The van der Waals surface area contributed by atoms with Crippen LogP contribution in [0.15, 0.2) is 23.2 Å². The summed E-state index contributed by atoms with van der Waals surface area (Å²) in [7, 11) is 1.60. The van der Waals surface area contributed by atoms with Gasteiger partial charge in [-0.2, -0.15) is 11.8 Å². The van der Waals surface area contributed by atoms with Crippen molar-refractivity contribution < 1.29 is 4.74 Å². The fraction of sp³-hybridized carbons (Fsp3) is 0.611. The van der Waals surface area contributed by atoms with Gasteiger partial charge in [0.25, 0.3) is 0 Å². The normalized spacial score (nSPS) is 21.3. The Morgan fingerprint density at radius 1 is 1.36 bits per heavy atom. The first-order valence-corrected chi connectivity index (χ1v) is 10.4. The number of halogens is 1. The standard InChI is InChI=1S/C18H27ClN4OS/c1-24-16-5-4-14(12-15(16)19)22-17(20)21-13-18(6-2-3-7-18)23-8-10-25-11-9-23/h4-5,12H,2-3,6-11,13H2,1H3,(H3,20,21,22). The lowest BCUT2D eigenvalue weighted by molar-refractivity contribution is 0.112. The lowest BCUT2D eigenvalue weighted by Gasteiger charge is -2.42. The zero-order valence-electron chi connectivity index (χ0n) is 14.8. The summed E-state index contributed by atoms with van der Waals surface area (Å²) in [6.45, 7) is 3.10. The number of aliphatic imine (C=N–C) groups is 1. The molecule has 0 unspecified atom stereocenters. The van der Waals surface area contributed by atoms with E-state index < -0.39 is 0 Å². The van der Waals surface area contributed by atoms with Gasteiger partial charge in [0.1, 0.15) is 5.75 Å². The molecule has 0 amide bonds. The largest absolute Gasteiger partial charge is 0.495 e. The maximum Gasteiger partial charge on any atom is 0.193 e. The van der Waals surface area contributed by atoms with E-state index >= 15 is 0 Å². The third kappa shape index (κ3) is 4.54. The van der Waals surface area contributed by atoms with Crippen LogP contribution in [0.25, 0.3) is 0 Å². The van der Waals surface area contributed by atoms with Crippen molar-refractivity contribution >= 4 is 35.0 Å². The topological polar surface area (TPSA) is 62.9 Å². The zero-order chi connectivity index (χ0) is 17.7. The minimum Gasteiger partial charge on any atom is -0.495 e. The number of methoxy groups -OCH3 is 1. The first-order valence-electron chi connectivity index (χ1n) is 8.86. The maximum absolute atomic E-state index is 6.16. The van der Waals surface area contributed by atoms with Crippen molar-refractivity contribution in [2.24, 2.45) is 10.7 Å². The van der Waals surface area contributed by atoms with Gasteiger partial charge in [0.05, 0.1) is 18.7 Å². The van der Waals surface area contributed by atoms with Crippen LogP contribution in [0.3, 0.4) is 0 Å². The van der Waals surface area contributed by atoms with Gasteiger partial charge in [0.2, 0.25) is 0 Å². The molecule has 0 radical (unpaired) electrons. The van der Waals surface area contributed by atoms with Gasteiger partial charge in [0, 0.05) is 35.8 Å². The molecular weight excluding hydrogens is 356 g/mol. The summed E-state index contributed by atoms with van der Waals surface area (Å²) in [5.74, 6) is 3.54. The quantitative estimate of drug-likeness (QED) is 0.603. The number of guanidine groups is 1. The van der Waals surface area contributed by atoms with Crippen LogP contribution in [0.4, 0.5) is 5.69 Å². The lowest BCUT2D eigenvalue weighted by Crippen LogP contribution is -2.52. The first kappa shape index (κ1) is 18.7. The summed E-state index contributed by atoms with van der Waals surface area (Å²) in [5.41, 5.74) is 7.16. The number of hydrogen-bond donors (Lipinski definition) is 2. The molecule has 2 fully saturated rings. The van der Waals surface area contributed by atoms with E-state index in [1.165, 1.54) is 50.3 Å². The first-order chi connectivity index (χ1) is 12.1. The second-order valence-corrected chi connectivity index (χ2v) is 8.34. The molecule has 7 heteroatoms. The molecule has 1 aromatic carbocycles. The maximum atomic E-state index is 6.16. The second-order valence-electron chi connectivity index (χ2n) is 6.71. The Kier molecular flexibility index (Phi) is 6.36. The zero-order valence-corrected chi connectivity index (χ0v) is 16.3. The number of benzene rings is 1. The molecule has 138 valence electrons. The summed E-state index contributed by atoms with van der Waals surface area (Å²) >= 11 is 8.21. The van der Waals surface area contributed by atoms with Crippen LogP contribution < -0.4 is 15.8 Å². The summed E-state index contributed by atoms with van der Waals surface area (Å²) in [4.78, 5) is 7.33. The molecule has 25 heavy (non-hydrogen) atoms. The van der Waals surface area contributed by atoms with Crippen LogP contribution in [-0.4, -0.2) is 54.6 Å². The SMILES string of the molecule is COc1ccc(NC(N)=NCC2(N3CCSCC3)CCCC2)cc1Cl. The molecule has 0 aromatic heterocycles. The highest BCUT2D eigenvalue weighted by Gasteiger charge is 2.39. The van der Waals surface area contributed by atoms with Crippen molar-refractivity contribution in [3.8, 4) is 5.75 Å². The molecule has 3 rings (SSSR count). The molecule has 3 N–H and O–H groups in total. The van der Waals surface area contributed by atoms with Gasteiger partial charge in [-0.25, -0.2) is 0 Å². The van der Waals surface area contributed by atoms with Crippen LogP contribution in [0.2, 0.25) is 5.02 Å². The van der Waals surface area contributed by atoms with Crippen LogP contribution in [0, 0.1) is 0 Å². The number of nitrogens with zero attached hydrogens (tertiary/aromatic N) is 2. The van der Waals surface area contributed by atoms with E-state index in [4.69, 9.17) is 22.1 Å². The summed E-state index contributed by atoms with van der Waals surface area (Å²) in [6.07, 6.45) is 5.03. The number of ether oxygens (including phenoxy) is 1. The van der Waals surface area contributed by atoms with Crippen LogP contribution >= 0.6 is 23.4 Å². The van der Waals surface area contributed by atoms with E-state index in [0.717, 1.165) is 12.2 Å². The predicted molar refractivity (Wildman–Crippen MR) is 108 cm³/mol. The molecule has 0 bridgehead atoms. The van der Waals surface area contributed by atoms with Crippen molar-refractivity contribution in [3.63, 3.8) is 0 Å². The Bertz CT molecular complexity index is 613. The van der Waals surface area contributed by atoms with Gasteiger partial charge in [-0.15, -0.1) is 0 Å². The van der Waals surface area contributed by atoms with Gasteiger partial charge < -0.3 is 15.8 Å². The van der Waals surface area contributed by atoms with Crippen LogP contribution in [0.1, 0.15) is 25.7 Å². The van der Waals surface area contributed by atoms with E-state index in [1.807, 2.05) is 23.9 Å². The van der Waals surface area contributed by atoms with E-state index in [-0.39, 0.29) is 5.54 Å². The summed E-state index contributed by atoms with van der Waals surface area (Å²) < 4.78 is 5.17. The van der Waals surface area contributed by atoms with Crippen molar-refractivity contribution in [2.75, 3.05) is 43.6 Å². The van der Waals surface area contributed by atoms with Crippen molar-refractivity contribution in [3.05, 3.63) is 23.2 Å². The highest BCUT2D eigenvalue weighted by molar-refractivity contribution is 7.99. The van der Waals surface area contributed by atoms with Crippen molar-refractivity contribution in [1.82, 2.24) is 4.90 Å². The number of rotatable bonds is 5. The summed E-state index contributed by atoms with van der Waals surface area (Å²) in [6, 6.07) is 5.51. The molecular formula is C18H27ClN4OS. The Morgan fingerprint density at radius 3 is 2.72 bits per heavy atom. The fourth-order valence-electron chi connectivity index (χ4n) is 3.81. The Hall–Kier alpha value is -1.11. The van der Waals surface area contributed by atoms with Gasteiger partial charge in [-0.1, -0.05) is 24.4 Å². The fourth-order valence-corrected chi connectivity index (χ4v) is 4.97. The molecule has 1 aliphatic heterocycles. The Morgan fingerprint density at radius 2 is 2.08 bits per heavy atom. The van der Waals surface area contributed by atoms with Crippen molar-refractivity contribution in [2.45, 2.75) is 31.2 Å². The van der Waals surface area contributed by atoms with Gasteiger partial charge >= 0.3 is 0 Å². The monoisotopic (exact) mass is 382 g/mol. The molecule has 1 saturated heterocycles. The van der Waals surface area contributed by atoms with E-state index in [0.29, 0.717) is 16.7 Å². The van der Waals surface area contributed by atoms with E-state index in [2.05, 4.69) is 15.2 Å². The molecule has 5 nitrogen and oxygen atoms in total. The summed E-state index contributed by atoms with van der Waals surface area (Å²) in [5, 5.41) is 3.70. The highest BCUT2D eigenvalue weighted by Crippen LogP contribution is 2.37. The number of nitrogens with one attached hydrogen (secondary N) is 1. The average molecular weight is 383 g/mol. The van der Waals surface area contributed by atoms with E-state index in [1.54, 1.807) is 13.2 Å². The van der Waals surface area contributed by atoms with Crippen LogP contribution in [-0.2, 0) is 0 Å². The average Bonchev–Trinajstić information content (AvgIpc) is 3.11. The highest BCUT2D eigenvalue weighted by atomic mass is 35.5. The van der Waals surface area contributed by atoms with Crippen molar-refractivity contribution in [1.29, 1.82) is 0 Å². The molecule has 2 aliphatic rings. The molecule has 1 saturated carbocycles. The van der Waals surface area contributed by atoms with Gasteiger partial charge in [0.15, 0.2) is 5.96 Å². The number of anilines is 1. The molecule has 0 atom stereocenters. The molecule has 1 heterocycles. The Labute approximate surface area is 159 Å². The van der Waals surface area contributed by atoms with Crippen LogP contribution in [0.5, 0.6) is 5.75 Å². The third-order valence-corrected chi connectivity index (χ3v) is 6.42. The second kappa shape index (κ2) is 8.52. The smallest absolute Gasteiger partial charge is 0.193 e. The minimum absolute atomic E-state index is 0.199.